The molecule has 0 atom stereocenters. The van der Waals surface area contributed by atoms with Gasteiger partial charge in [-0.15, -0.1) is 0 Å². The molecule has 0 bridgehead atoms. The van der Waals surface area contributed by atoms with E-state index in [1.165, 1.54) is 7.11 Å². The van der Waals surface area contributed by atoms with Crippen molar-refractivity contribution in [2.24, 2.45) is 0 Å². The molecule has 0 heterocycles. The zero-order chi connectivity index (χ0) is 7.28. The highest BCUT2D eigenvalue weighted by Gasteiger charge is 1.98. The number of carbonyl (C=O) groups excluding carboxylic acids is 1. The van der Waals surface area contributed by atoms with Crippen LogP contribution in [0.4, 0.5) is 0 Å². The van der Waals surface area contributed by atoms with Crippen molar-refractivity contribution in [2.75, 3.05) is 7.11 Å². The van der Waals surface area contributed by atoms with Crippen molar-refractivity contribution in [1.82, 2.24) is 0 Å². The molecule has 0 aromatic heterocycles. The molecule has 0 amide bonds. The van der Waals surface area contributed by atoms with Gasteiger partial charge in [0.15, 0.2) is 0 Å². The molecule has 0 unspecified atom stereocenters. The molecule has 52 valence electrons. The van der Waals surface area contributed by atoms with Crippen molar-refractivity contribution in [2.45, 2.75) is 12.8 Å². The third-order valence-corrected chi connectivity index (χ3v) is 1.02. The van der Waals surface area contributed by atoms with Gasteiger partial charge >= 0.3 is 5.97 Å². The molecule has 9 heavy (non-hydrogen) atoms. The summed E-state index contributed by atoms with van der Waals surface area (Å²) in [5.74, 6) is -0.253. The Morgan fingerprint density at radius 2 is 2.22 bits per heavy atom. The number of carbonyl (C=O) groups is 1. The fraction of sp³-hybridized carbons (Fsp3) is 0.500. The third-order valence-electron chi connectivity index (χ3n) is 0.828. The van der Waals surface area contributed by atoms with Crippen LogP contribution in [-0.2, 0) is 9.53 Å². The Balaban J connectivity index is 3.28. The monoisotopic (exact) mass is 148 g/mol. The minimum atomic E-state index is -0.253. The second-order valence-electron chi connectivity index (χ2n) is 1.59. The zero-order valence-corrected chi connectivity index (χ0v) is 6.07. The average molecular weight is 149 g/mol. The van der Waals surface area contributed by atoms with E-state index in [0.29, 0.717) is 17.9 Å². The fourth-order valence-electron chi connectivity index (χ4n) is 0.340. The molecule has 0 radical (unpaired) electrons. The number of esters is 1. The smallest absolute Gasteiger partial charge is 0.305 e. The second-order valence-corrected chi connectivity index (χ2v) is 2.13. The molecule has 0 N–H and O–H groups in total. The van der Waals surface area contributed by atoms with Crippen LogP contribution in [0.3, 0.4) is 0 Å². The predicted molar refractivity (Wildman–Crippen MR) is 36.2 cm³/mol. The minimum Gasteiger partial charge on any atom is -0.469 e. The van der Waals surface area contributed by atoms with E-state index >= 15 is 0 Å². The highest BCUT2D eigenvalue weighted by Crippen LogP contribution is 2.06. The number of ether oxygens (including phenoxy) is 1. The van der Waals surface area contributed by atoms with Crippen LogP contribution in [-0.4, -0.2) is 13.1 Å². The summed E-state index contributed by atoms with van der Waals surface area (Å²) in [5, 5.41) is 0.486. The molecule has 0 spiro atoms. The molecule has 0 aliphatic heterocycles. The molecule has 3 heteroatoms. The Bertz CT molecular complexity index is 120. The number of halogens is 1. The van der Waals surface area contributed by atoms with E-state index in [-0.39, 0.29) is 5.97 Å². The molecule has 0 aromatic carbocycles. The van der Waals surface area contributed by atoms with Crippen molar-refractivity contribution in [3.63, 3.8) is 0 Å². The minimum absolute atomic E-state index is 0.253. The number of hydrogen-bond acceptors (Lipinski definition) is 2. The summed E-state index contributed by atoms with van der Waals surface area (Å²) in [6.45, 7) is 3.42. The fourth-order valence-corrected chi connectivity index (χ4v) is 0.434. The molecule has 0 aromatic rings. The molecule has 0 aliphatic carbocycles. The average Bonchev–Trinajstić information content (AvgIpc) is 1.83. The Hall–Kier alpha value is -0.500. The molecular formula is C6H9ClO2. The molecule has 0 saturated heterocycles. The molecule has 0 rings (SSSR count). The van der Waals surface area contributed by atoms with Crippen molar-refractivity contribution in [3.8, 4) is 0 Å². The first kappa shape index (κ1) is 8.50. The van der Waals surface area contributed by atoms with E-state index in [4.69, 9.17) is 11.6 Å². The van der Waals surface area contributed by atoms with Crippen LogP contribution in [0.15, 0.2) is 11.6 Å². The Labute approximate surface area is 59.5 Å². The van der Waals surface area contributed by atoms with Gasteiger partial charge in [0.05, 0.1) is 13.5 Å². The summed E-state index contributed by atoms with van der Waals surface area (Å²) in [6.07, 6.45) is 0.813. The van der Waals surface area contributed by atoms with Gasteiger partial charge in [-0.2, -0.15) is 0 Å². The lowest BCUT2D eigenvalue weighted by Crippen LogP contribution is -1.98. The quantitative estimate of drug-likeness (QED) is 0.570. The summed E-state index contributed by atoms with van der Waals surface area (Å²) in [6, 6.07) is 0. The zero-order valence-electron chi connectivity index (χ0n) is 5.32. The van der Waals surface area contributed by atoms with E-state index in [1.54, 1.807) is 0 Å². The van der Waals surface area contributed by atoms with Crippen molar-refractivity contribution in [3.05, 3.63) is 11.6 Å². The van der Waals surface area contributed by atoms with E-state index in [0.717, 1.165) is 0 Å². The van der Waals surface area contributed by atoms with Gasteiger partial charge in [-0.25, -0.2) is 0 Å². The number of allylic oxidation sites excluding steroid dienone is 1. The SMILES string of the molecule is C=C(Cl)CCC(=O)OC. The van der Waals surface area contributed by atoms with E-state index < -0.39 is 0 Å². The van der Waals surface area contributed by atoms with Gasteiger partial charge in [0.1, 0.15) is 0 Å². The standard InChI is InChI=1S/C6H9ClO2/c1-5(7)3-4-6(8)9-2/h1,3-4H2,2H3. The molecular weight excluding hydrogens is 140 g/mol. The first-order valence-corrected chi connectivity index (χ1v) is 2.94. The maximum Gasteiger partial charge on any atom is 0.305 e. The molecule has 0 saturated carbocycles. The van der Waals surface area contributed by atoms with Gasteiger partial charge in [-0.3, -0.25) is 4.79 Å². The molecule has 0 fully saturated rings. The van der Waals surface area contributed by atoms with Crippen LogP contribution in [0.1, 0.15) is 12.8 Å². The van der Waals surface area contributed by atoms with Crippen LogP contribution in [0, 0.1) is 0 Å². The van der Waals surface area contributed by atoms with Crippen LogP contribution >= 0.6 is 11.6 Å². The van der Waals surface area contributed by atoms with Gasteiger partial charge in [0.25, 0.3) is 0 Å². The summed E-state index contributed by atoms with van der Waals surface area (Å²) in [7, 11) is 1.35. The lowest BCUT2D eigenvalue weighted by molar-refractivity contribution is -0.140. The van der Waals surface area contributed by atoms with E-state index in [1.807, 2.05) is 0 Å². The summed E-state index contributed by atoms with van der Waals surface area (Å²) in [5.41, 5.74) is 0. The lowest BCUT2D eigenvalue weighted by Gasteiger charge is -1.95. The van der Waals surface area contributed by atoms with E-state index in [2.05, 4.69) is 11.3 Å². The van der Waals surface area contributed by atoms with Crippen molar-refractivity contribution < 1.29 is 9.53 Å². The van der Waals surface area contributed by atoms with Crippen LogP contribution in [0.2, 0.25) is 0 Å². The predicted octanol–water partition coefficient (Wildman–Crippen LogP) is 1.69. The largest absolute Gasteiger partial charge is 0.469 e. The topological polar surface area (TPSA) is 26.3 Å². The number of hydrogen-bond donors (Lipinski definition) is 0. The van der Waals surface area contributed by atoms with Crippen molar-refractivity contribution in [1.29, 1.82) is 0 Å². The number of methoxy groups -OCH3 is 1. The van der Waals surface area contributed by atoms with Gasteiger partial charge in [-0.1, -0.05) is 18.2 Å². The Kier molecular flexibility index (Phi) is 4.14. The molecule has 2 nitrogen and oxygen atoms in total. The van der Waals surface area contributed by atoms with Gasteiger partial charge < -0.3 is 4.74 Å². The summed E-state index contributed by atoms with van der Waals surface area (Å²) in [4.78, 5) is 10.4. The Morgan fingerprint density at radius 3 is 2.56 bits per heavy atom. The van der Waals surface area contributed by atoms with E-state index in [9.17, 15) is 4.79 Å². The second kappa shape index (κ2) is 4.39. The normalized spacial score (nSPS) is 8.67. The third kappa shape index (κ3) is 5.37. The van der Waals surface area contributed by atoms with Crippen LogP contribution in [0.25, 0.3) is 0 Å². The highest BCUT2D eigenvalue weighted by molar-refractivity contribution is 6.29. The van der Waals surface area contributed by atoms with Crippen LogP contribution < -0.4 is 0 Å². The highest BCUT2D eigenvalue weighted by atomic mass is 35.5. The summed E-state index contributed by atoms with van der Waals surface area (Å²) < 4.78 is 4.36. The Morgan fingerprint density at radius 1 is 1.67 bits per heavy atom. The lowest BCUT2D eigenvalue weighted by atomic mass is 10.3. The van der Waals surface area contributed by atoms with Gasteiger partial charge in [0.2, 0.25) is 0 Å². The maximum atomic E-state index is 10.4. The van der Waals surface area contributed by atoms with Gasteiger partial charge in [0, 0.05) is 5.03 Å². The summed E-state index contributed by atoms with van der Waals surface area (Å²) >= 11 is 5.38. The maximum absolute atomic E-state index is 10.4. The first-order valence-electron chi connectivity index (χ1n) is 2.57. The van der Waals surface area contributed by atoms with Crippen LogP contribution in [0.5, 0.6) is 0 Å². The van der Waals surface area contributed by atoms with Crippen molar-refractivity contribution >= 4 is 17.6 Å². The van der Waals surface area contributed by atoms with Gasteiger partial charge in [-0.05, 0) is 6.42 Å². The first-order chi connectivity index (χ1) is 4.16. The number of rotatable bonds is 3. The molecule has 0 aliphatic rings.